The second-order valence-corrected chi connectivity index (χ2v) is 6.68. The van der Waals surface area contributed by atoms with Crippen LogP contribution in [0.3, 0.4) is 0 Å². The molecule has 1 aliphatic heterocycles. The van der Waals surface area contributed by atoms with Gasteiger partial charge in [0.25, 0.3) is 4.84 Å². The number of hydrogen-bond donors (Lipinski definition) is 1. The molecule has 20 heavy (non-hydrogen) atoms. The average molecular weight is 311 g/mol. The van der Waals surface area contributed by atoms with Crippen LogP contribution in [0.15, 0.2) is 9.80 Å². The fourth-order valence-electron chi connectivity index (χ4n) is 2.59. The van der Waals surface area contributed by atoms with Crippen LogP contribution < -0.4 is 4.90 Å². The molecule has 0 atom stereocenters. The molecule has 0 aliphatic carbocycles. The lowest BCUT2D eigenvalue weighted by molar-refractivity contribution is -0.928. The first-order valence-electron chi connectivity index (χ1n) is 7.02. The molecule has 3 heterocycles. The first kappa shape index (κ1) is 13.9. The molecule has 0 amide bonds. The van der Waals surface area contributed by atoms with E-state index in [1.807, 2.05) is 17.0 Å². The number of rotatable bonds is 4. The smallest absolute Gasteiger partial charge is 0.291 e. The molecule has 7 heteroatoms. The summed E-state index contributed by atoms with van der Waals surface area (Å²) < 4.78 is 7.41. The van der Waals surface area contributed by atoms with Crippen LogP contribution >= 0.6 is 23.6 Å². The van der Waals surface area contributed by atoms with Crippen LogP contribution in [0.4, 0.5) is 0 Å². The molecule has 0 spiro atoms. The maximum Gasteiger partial charge on any atom is 0.291 e. The molecule has 3 rings (SSSR count). The van der Waals surface area contributed by atoms with E-state index in [1.54, 1.807) is 11.3 Å². The third-order valence-corrected chi connectivity index (χ3v) is 4.70. The normalized spacial score (nSPS) is 16.6. The van der Waals surface area contributed by atoms with Gasteiger partial charge in [0.15, 0.2) is 6.67 Å². The minimum absolute atomic E-state index is 0.477. The van der Waals surface area contributed by atoms with E-state index in [2.05, 4.69) is 10.1 Å². The molecule has 0 bridgehead atoms. The maximum atomic E-state index is 5.59. The number of piperidine rings is 1. The Hall–Kier alpha value is -1.05. The lowest BCUT2D eigenvalue weighted by Crippen LogP contribution is -3.12. The van der Waals surface area contributed by atoms with Crippen LogP contribution in [0.25, 0.3) is 0 Å². The summed E-state index contributed by atoms with van der Waals surface area (Å²) in [6.07, 6.45) is 4.56. The molecule has 0 aromatic carbocycles. The summed E-state index contributed by atoms with van der Waals surface area (Å²) in [6, 6.07) is 0. The zero-order chi connectivity index (χ0) is 13.9. The Balaban J connectivity index is 1.68. The Morgan fingerprint density at radius 3 is 2.90 bits per heavy atom. The second kappa shape index (κ2) is 6.15. The van der Waals surface area contributed by atoms with Crippen molar-refractivity contribution < 1.29 is 9.32 Å². The van der Waals surface area contributed by atoms with Gasteiger partial charge < -0.3 is 9.32 Å². The minimum Gasteiger partial charge on any atom is -0.413 e. The van der Waals surface area contributed by atoms with Crippen LogP contribution in [0.2, 0.25) is 0 Å². The van der Waals surface area contributed by atoms with Gasteiger partial charge >= 0.3 is 0 Å². The second-order valence-electron chi connectivity index (χ2n) is 5.26. The Morgan fingerprint density at radius 2 is 2.20 bits per heavy atom. The molecule has 108 valence electrons. The van der Waals surface area contributed by atoms with E-state index in [0.29, 0.717) is 17.1 Å². The number of likely N-dealkylation sites (tertiary alicyclic amines) is 1. The summed E-state index contributed by atoms with van der Waals surface area (Å²) in [5, 5.41) is 7.61. The van der Waals surface area contributed by atoms with Gasteiger partial charge in [0.05, 0.1) is 30.2 Å². The summed E-state index contributed by atoms with van der Waals surface area (Å²) >= 11 is 6.91. The molecule has 0 unspecified atom stereocenters. The van der Waals surface area contributed by atoms with Crippen LogP contribution in [-0.4, -0.2) is 27.9 Å². The van der Waals surface area contributed by atoms with E-state index in [4.69, 9.17) is 16.6 Å². The van der Waals surface area contributed by atoms with Crippen molar-refractivity contribution in [2.75, 3.05) is 13.1 Å². The molecule has 0 radical (unpaired) electrons. The van der Waals surface area contributed by atoms with Gasteiger partial charge in [-0.1, -0.05) is 0 Å². The molecule has 1 fully saturated rings. The highest BCUT2D eigenvalue weighted by Gasteiger charge is 2.16. The van der Waals surface area contributed by atoms with Gasteiger partial charge in [0.1, 0.15) is 0 Å². The summed E-state index contributed by atoms with van der Waals surface area (Å²) in [7, 11) is 0. The van der Waals surface area contributed by atoms with E-state index in [0.717, 1.165) is 17.4 Å². The average Bonchev–Trinajstić information content (AvgIpc) is 2.98. The summed E-state index contributed by atoms with van der Waals surface area (Å²) in [4.78, 5) is 6.45. The molecule has 5 nitrogen and oxygen atoms in total. The van der Waals surface area contributed by atoms with Crippen molar-refractivity contribution in [1.82, 2.24) is 14.8 Å². The van der Waals surface area contributed by atoms with Gasteiger partial charge in [-0.05, 0) is 38.4 Å². The predicted molar refractivity (Wildman–Crippen MR) is 79.5 cm³/mol. The zero-order valence-electron chi connectivity index (χ0n) is 11.6. The van der Waals surface area contributed by atoms with E-state index >= 15 is 0 Å². The Kier molecular flexibility index (Phi) is 4.28. The summed E-state index contributed by atoms with van der Waals surface area (Å²) in [6.45, 7) is 5.23. The van der Waals surface area contributed by atoms with Crippen LogP contribution in [0, 0.1) is 11.8 Å². The predicted octanol–water partition coefficient (Wildman–Crippen LogP) is 1.59. The number of hydrogen-bond acceptors (Lipinski definition) is 5. The Labute approximate surface area is 127 Å². The number of nitrogens with zero attached hydrogens (tertiary/aromatic N) is 3. The SMILES string of the molecule is Cc1nc(Cc2nn(C[NH+]3CCCCC3)c(=S)o2)cs1. The van der Waals surface area contributed by atoms with Gasteiger partial charge in [-0.2, -0.15) is 4.68 Å². The number of thiazole rings is 1. The summed E-state index contributed by atoms with van der Waals surface area (Å²) in [5.74, 6) is 0.664. The lowest BCUT2D eigenvalue weighted by Gasteiger charge is -2.22. The highest BCUT2D eigenvalue weighted by atomic mass is 32.1. The zero-order valence-corrected chi connectivity index (χ0v) is 13.2. The quantitative estimate of drug-likeness (QED) is 0.871. The van der Waals surface area contributed by atoms with Crippen molar-refractivity contribution in [1.29, 1.82) is 0 Å². The van der Waals surface area contributed by atoms with Crippen molar-refractivity contribution in [2.45, 2.75) is 39.3 Å². The van der Waals surface area contributed by atoms with Crippen molar-refractivity contribution in [3.8, 4) is 0 Å². The molecule has 1 aliphatic rings. The molecular formula is C13H19N4OS2+. The Morgan fingerprint density at radius 1 is 1.40 bits per heavy atom. The fraction of sp³-hybridized carbons (Fsp3) is 0.615. The van der Waals surface area contributed by atoms with Crippen molar-refractivity contribution >= 4 is 23.6 Å². The standard InChI is InChI=1S/C13H18N4OS2/c1-10-14-11(8-20-10)7-12-15-17(13(19)18-12)9-16-5-3-2-4-6-16/h8H,2-7,9H2,1H3/p+1. The van der Waals surface area contributed by atoms with E-state index in [-0.39, 0.29) is 0 Å². The molecule has 0 saturated carbocycles. The monoisotopic (exact) mass is 311 g/mol. The van der Waals surface area contributed by atoms with Gasteiger partial charge in [-0.3, -0.25) is 0 Å². The molecule has 2 aromatic heterocycles. The molecular weight excluding hydrogens is 292 g/mol. The van der Waals surface area contributed by atoms with Gasteiger partial charge in [-0.25, -0.2) is 4.98 Å². The van der Waals surface area contributed by atoms with Crippen molar-refractivity contribution in [2.24, 2.45) is 0 Å². The lowest BCUT2D eigenvalue weighted by atomic mass is 10.1. The van der Waals surface area contributed by atoms with Crippen LogP contribution in [0.1, 0.15) is 35.9 Å². The highest BCUT2D eigenvalue weighted by molar-refractivity contribution is 7.71. The van der Waals surface area contributed by atoms with Crippen molar-refractivity contribution in [3.05, 3.63) is 26.8 Å². The first-order chi connectivity index (χ1) is 9.70. The van der Waals surface area contributed by atoms with E-state index in [1.165, 1.54) is 37.3 Å². The van der Waals surface area contributed by atoms with E-state index < -0.39 is 0 Å². The fourth-order valence-corrected chi connectivity index (χ4v) is 3.40. The maximum absolute atomic E-state index is 5.59. The number of aromatic nitrogens is 3. The molecule has 2 aromatic rings. The highest BCUT2D eigenvalue weighted by Crippen LogP contribution is 2.12. The van der Waals surface area contributed by atoms with Gasteiger partial charge in [0.2, 0.25) is 5.89 Å². The number of quaternary nitrogens is 1. The topological polar surface area (TPSA) is 48.3 Å². The third kappa shape index (κ3) is 3.34. The van der Waals surface area contributed by atoms with Gasteiger partial charge in [-0.15, -0.1) is 16.4 Å². The van der Waals surface area contributed by atoms with Crippen molar-refractivity contribution in [3.63, 3.8) is 0 Å². The van der Waals surface area contributed by atoms with Crippen LogP contribution in [-0.2, 0) is 13.1 Å². The Bertz CT molecular complexity index is 624. The van der Waals surface area contributed by atoms with E-state index in [9.17, 15) is 0 Å². The minimum atomic E-state index is 0.477. The molecule has 1 N–H and O–H groups in total. The number of aryl methyl sites for hydroxylation is 1. The summed E-state index contributed by atoms with van der Waals surface area (Å²) in [5.41, 5.74) is 1.00. The third-order valence-electron chi connectivity index (χ3n) is 3.58. The van der Waals surface area contributed by atoms with Gasteiger partial charge in [0, 0.05) is 5.38 Å². The van der Waals surface area contributed by atoms with Crippen LogP contribution in [0.5, 0.6) is 0 Å². The largest absolute Gasteiger partial charge is 0.413 e. The first-order valence-corrected chi connectivity index (χ1v) is 8.31. The number of nitrogens with one attached hydrogen (secondary N) is 1. The molecule has 1 saturated heterocycles.